The van der Waals surface area contributed by atoms with E-state index in [9.17, 15) is 13.2 Å². The number of aryl methyl sites for hydroxylation is 2. The van der Waals surface area contributed by atoms with Gasteiger partial charge in [-0.25, -0.2) is 18.5 Å². The lowest BCUT2D eigenvalue weighted by molar-refractivity contribution is -0.121. The summed E-state index contributed by atoms with van der Waals surface area (Å²) in [5, 5.41) is 8.12. The molecule has 0 saturated carbocycles. The summed E-state index contributed by atoms with van der Waals surface area (Å²) in [5.74, 6) is 1.43. The zero-order valence-electron chi connectivity index (χ0n) is 20.3. The van der Waals surface area contributed by atoms with Crippen LogP contribution in [0.4, 0.5) is 0 Å². The van der Waals surface area contributed by atoms with Gasteiger partial charge in [0.15, 0.2) is 0 Å². The molecule has 3 aromatic rings. The van der Waals surface area contributed by atoms with Gasteiger partial charge in [0.1, 0.15) is 18.2 Å². The van der Waals surface area contributed by atoms with Crippen molar-refractivity contribution in [3.05, 3.63) is 53.9 Å². The van der Waals surface area contributed by atoms with Gasteiger partial charge in [0.2, 0.25) is 15.9 Å². The second kappa shape index (κ2) is 10.6. The van der Waals surface area contributed by atoms with Crippen LogP contribution in [0.2, 0.25) is 0 Å². The summed E-state index contributed by atoms with van der Waals surface area (Å²) in [5.41, 5.74) is 2.72. The lowest BCUT2D eigenvalue weighted by atomic mass is 9.87. The Bertz CT molecular complexity index is 1240. The molecule has 184 valence electrons. The Morgan fingerprint density at radius 1 is 1.15 bits per heavy atom. The molecular formula is C25H34N4O4S. The van der Waals surface area contributed by atoms with E-state index in [1.807, 2.05) is 16.7 Å². The number of imidazole rings is 1. The number of rotatable bonds is 10. The zero-order valence-corrected chi connectivity index (χ0v) is 21.1. The van der Waals surface area contributed by atoms with Gasteiger partial charge in [0.05, 0.1) is 22.5 Å². The molecule has 1 amide bonds. The van der Waals surface area contributed by atoms with Crippen molar-refractivity contribution < 1.29 is 17.9 Å². The SMILES string of the molecule is CCCn1c(CCC(=O)NCCOc2ccc(C(C)(C)C)cc2)nc2cc(S(N)(=O)=O)ccc21. The molecule has 0 aliphatic carbocycles. The highest BCUT2D eigenvalue weighted by Crippen LogP contribution is 2.24. The second-order valence-corrected chi connectivity index (χ2v) is 10.9. The largest absolute Gasteiger partial charge is 0.492 e. The molecule has 9 heteroatoms. The van der Waals surface area contributed by atoms with Gasteiger partial charge in [-0.05, 0) is 47.7 Å². The predicted molar refractivity (Wildman–Crippen MR) is 133 cm³/mol. The summed E-state index contributed by atoms with van der Waals surface area (Å²) >= 11 is 0. The number of aromatic nitrogens is 2. The Kier molecular flexibility index (Phi) is 7.99. The van der Waals surface area contributed by atoms with Crippen LogP contribution in [0.25, 0.3) is 11.0 Å². The maximum Gasteiger partial charge on any atom is 0.238 e. The van der Waals surface area contributed by atoms with Crippen LogP contribution in [0.1, 0.15) is 51.9 Å². The van der Waals surface area contributed by atoms with Crippen LogP contribution < -0.4 is 15.2 Å². The number of benzene rings is 2. The molecule has 3 rings (SSSR count). The lowest BCUT2D eigenvalue weighted by Crippen LogP contribution is -2.28. The molecule has 1 aromatic heterocycles. The van der Waals surface area contributed by atoms with Crippen LogP contribution in [0.3, 0.4) is 0 Å². The Morgan fingerprint density at radius 3 is 2.47 bits per heavy atom. The Balaban J connectivity index is 1.53. The minimum atomic E-state index is -3.80. The van der Waals surface area contributed by atoms with E-state index in [0.29, 0.717) is 25.1 Å². The molecule has 0 atom stereocenters. The van der Waals surface area contributed by atoms with Crippen molar-refractivity contribution in [2.75, 3.05) is 13.2 Å². The van der Waals surface area contributed by atoms with Crippen molar-refractivity contribution in [2.45, 2.75) is 63.8 Å². The van der Waals surface area contributed by atoms with E-state index in [4.69, 9.17) is 9.88 Å². The quantitative estimate of drug-likeness (QED) is 0.425. The summed E-state index contributed by atoms with van der Waals surface area (Å²) < 4.78 is 31.1. The first kappa shape index (κ1) is 25.7. The van der Waals surface area contributed by atoms with E-state index in [-0.39, 0.29) is 22.6 Å². The van der Waals surface area contributed by atoms with Gasteiger partial charge < -0.3 is 14.6 Å². The fraction of sp³-hybridized carbons (Fsp3) is 0.440. The average molecular weight is 487 g/mol. The minimum Gasteiger partial charge on any atom is -0.492 e. The monoisotopic (exact) mass is 486 g/mol. The van der Waals surface area contributed by atoms with Gasteiger partial charge in [-0.1, -0.05) is 39.8 Å². The van der Waals surface area contributed by atoms with Crippen LogP contribution in [0.15, 0.2) is 47.4 Å². The van der Waals surface area contributed by atoms with Crippen molar-refractivity contribution >= 4 is 27.0 Å². The standard InChI is InChI=1S/C25H34N4O4S/c1-5-15-29-22-11-10-20(34(26,31)32)17-21(22)28-23(29)12-13-24(30)27-14-16-33-19-8-6-18(7-9-19)25(2,3)4/h6-11,17H,5,12-16H2,1-4H3,(H,27,30)(H2,26,31,32). The third-order valence-electron chi connectivity index (χ3n) is 5.56. The highest BCUT2D eigenvalue weighted by molar-refractivity contribution is 7.89. The first-order valence-corrected chi connectivity index (χ1v) is 13.1. The van der Waals surface area contributed by atoms with Gasteiger partial charge in [-0.15, -0.1) is 0 Å². The highest BCUT2D eigenvalue weighted by atomic mass is 32.2. The molecule has 1 heterocycles. The molecule has 0 radical (unpaired) electrons. The Labute approximate surface area is 201 Å². The van der Waals surface area contributed by atoms with Gasteiger partial charge in [0.25, 0.3) is 0 Å². The molecule has 3 N–H and O–H groups in total. The summed E-state index contributed by atoms with van der Waals surface area (Å²) in [4.78, 5) is 17.0. The lowest BCUT2D eigenvalue weighted by Gasteiger charge is -2.19. The van der Waals surface area contributed by atoms with E-state index < -0.39 is 10.0 Å². The molecule has 0 unspecified atom stereocenters. The number of nitrogens with zero attached hydrogens (tertiary/aromatic N) is 2. The number of amides is 1. The number of hydrogen-bond donors (Lipinski definition) is 2. The fourth-order valence-electron chi connectivity index (χ4n) is 3.72. The van der Waals surface area contributed by atoms with Gasteiger partial charge >= 0.3 is 0 Å². The van der Waals surface area contributed by atoms with Crippen LogP contribution in [-0.4, -0.2) is 37.0 Å². The molecule has 0 spiro atoms. The number of sulfonamides is 1. The first-order chi connectivity index (χ1) is 16.0. The summed E-state index contributed by atoms with van der Waals surface area (Å²) in [6, 6.07) is 12.7. The normalized spacial score (nSPS) is 12.1. The molecule has 0 saturated heterocycles. The predicted octanol–water partition coefficient (Wildman–Crippen LogP) is 3.52. The third-order valence-corrected chi connectivity index (χ3v) is 6.47. The maximum atomic E-state index is 12.4. The van der Waals surface area contributed by atoms with Crippen LogP contribution in [0.5, 0.6) is 5.75 Å². The number of hydrogen-bond acceptors (Lipinski definition) is 5. The van der Waals surface area contributed by atoms with Gasteiger partial charge in [-0.3, -0.25) is 4.79 Å². The number of nitrogens with two attached hydrogens (primary N) is 1. The van der Waals surface area contributed by atoms with E-state index in [2.05, 4.69) is 50.1 Å². The molecule has 2 aromatic carbocycles. The minimum absolute atomic E-state index is 0.0264. The molecule has 8 nitrogen and oxygen atoms in total. The Hall–Kier alpha value is -2.91. The van der Waals surface area contributed by atoms with Crippen molar-refractivity contribution in [3.8, 4) is 5.75 Å². The number of carbonyl (C=O) groups excluding carboxylic acids is 1. The van der Waals surface area contributed by atoms with E-state index in [1.54, 1.807) is 6.07 Å². The molecular weight excluding hydrogens is 452 g/mol. The fourth-order valence-corrected chi connectivity index (χ4v) is 4.26. The zero-order chi connectivity index (χ0) is 24.9. The van der Waals surface area contributed by atoms with E-state index >= 15 is 0 Å². The maximum absolute atomic E-state index is 12.4. The number of nitrogens with one attached hydrogen (secondary N) is 1. The summed E-state index contributed by atoms with van der Waals surface area (Å²) in [6.07, 6.45) is 1.60. The summed E-state index contributed by atoms with van der Waals surface area (Å²) in [7, 11) is -3.80. The van der Waals surface area contributed by atoms with E-state index in [0.717, 1.165) is 30.1 Å². The van der Waals surface area contributed by atoms with Crippen molar-refractivity contribution in [2.24, 2.45) is 5.14 Å². The summed E-state index contributed by atoms with van der Waals surface area (Å²) in [6.45, 7) is 10.1. The number of fused-ring (bicyclic) bond motifs is 1. The topological polar surface area (TPSA) is 116 Å². The molecule has 0 aliphatic heterocycles. The smallest absolute Gasteiger partial charge is 0.238 e. The van der Waals surface area contributed by atoms with Crippen LogP contribution in [0, 0.1) is 0 Å². The van der Waals surface area contributed by atoms with Crippen LogP contribution >= 0.6 is 0 Å². The molecule has 0 aliphatic rings. The van der Waals surface area contributed by atoms with Gasteiger partial charge in [-0.2, -0.15) is 0 Å². The van der Waals surface area contributed by atoms with Crippen molar-refractivity contribution in [1.29, 1.82) is 0 Å². The number of primary sulfonamides is 1. The average Bonchev–Trinajstić information content (AvgIpc) is 3.11. The van der Waals surface area contributed by atoms with Crippen LogP contribution in [-0.2, 0) is 33.2 Å². The molecule has 0 fully saturated rings. The highest BCUT2D eigenvalue weighted by Gasteiger charge is 2.16. The third kappa shape index (κ3) is 6.57. The first-order valence-electron chi connectivity index (χ1n) is 11.5. The number of ether oxygens (including phenoxy) is 1. The van der Waals surface area contributed by atoms with E-state index in [1.165, 1.54) is 17.7 Å². The molecule has 0 bridgehead atoms. The van der Waals surface area contributed by atoms with Gasteiger partial charge in [0, 0.05) is 19.4 Å². The number of carbonyl (C=O) groups is 1. The Morgan fingerprint density at radius 2 is 1.85 bits per heavy atom. The molecule has 34 heavy (non-hydrogen) atoms. The van der Waals surface area contributed by atoms with Crippen molar-refractivity contribution in [3.63, 3.8) is 0 Å². The second-order valence-electron chi connectivity index (χ2n) is 9.35. The van der Waals surface area contributed by atoms with Crippen molar-refractivity contribution in [1.82, 2.24) is 14.9 Å².